The molecule has 0 atom stereocenters. The summed E-state index contributed by atoms with van der Waals surface area (Å²) < 4.78 is 13.8. The summed E-state index contributed by atoms with van der Waals surface area (Å²) in [6.07, 6.45) is 0. The predicted molar refractivity (Wildman–Crippen MR) is 80.1 cm³/mol. The van der Waals surface area contributed by atoms with Crippen LogP contribution in [0.25, 0.3) is 0 Å². The number of aromatic hydroxyl groups is 1. The van der Waals surface area contributed by atoms with Gasteiger partial charge in [-0.1, -0.05) is 23.7 Å². The topological polar surface area (TPSA) is 75.4 Å². The molecule has 2 rings (SSSR count). The molecule has 0 aliphatic heterocycles. The van der Waals surface area contributed by atoms with Crippen molar-refractivity contribution in [2.24, 2.45) is 5.73 Å². The quantitative estimate of drug-likeness (QED) is 0.812. The molecule has 0 radical (unpaired) electrons. The average molecular weight is 309 g/mol. The Hall–Kier alpha value is -2.27. The molecule has 4 N–H and O–H groups in total. The molecule has 0 unspecified atom stereocenters. The van der Waals surface area contributed by atoms with Crippen LogP contribution in [0.5, 0.6) is 5.75 Å². The first-order chi connectivity index (χ1) is 9.90. The minimum absolute atomic E-state index is 0.0316. The largest absolute Gasteiger partial charge is 0.506 e. The second-order valence-electron chi connectivity index (χ2n) is 4.60. The van der Waals surface area contributed by atoms with Crippen LogP contribution < -0.4 is 11.1 Å². The Balaban J connectivity index is 2.27. The first-order valence-electron chi connectivity index (χ1n) is 6.20. The predicted octanol–water partition coefficient (Wildman–Crippen LogP) is 3.20. The van der Waals surface area contributed by atoms with Crippen LogP contribution in [0.15, 0.2) is 30.3 Å². The number of hydrogen-bond acceptors (Lipinski definition) is 3. The standard InChI is InChI=1S/C15H14ClFN2O2/c1-8-12(17)5-10(15(18)21)6-13(8)19-7-9-3-2-4-11(16)14(9)20/h2-6,19-20H,7H2,1H3,(H2,18,21). The van der Waals surface area contributed by atoms with Gasteiger partial charge in [0.05, 0.1) is 5.02 Å². The number of halogens is 2. The third-order valence-electron chi connectivity index (χ3n) is 3.17. The van der Waals surface area contributed by atoms with Gasteiger partial charge in [0.25, 0.3) is 0 Å². The molecule has 6 heteroatoms. The number of hydrogen-bond donors (Lipinski definition) is 3. The van der Waals surface area contributed by atoms with Crippen molar-refractivity contribution in [1.29, 1.82) is 0 Å². The van der Waals surface area contributed by atoms with Crippen LogP contribution in [0.1, 0.15) is 21.5 Å². The van der Waals surface area contributed by atoms with Gasteiger partial charge < -0.3 is 16.2 Å². The van der Waals surface area contributed by atoms with Gasteiger partial charge in [-0.05, 0) is 25.1 Å². The fourth-order valence-electron chi connectivity index (χ4n) is 1.90. The van der Waals surface area contributed by atoms with Crippen LogP contribution in [0.3, 0.4) is 0 Å². The minimum Gasteiger partial charge on any atom is -0.506 e. The monoisotopic (exact) mass is 308 g/mol. The van der Waals surface area contributed by atoms with E-state index in [9.17, 15) is 14.3 Å². The number of amides is 1. The Bertz CT molecular complexity index is 704. The van der Waals surface area contributed by atoms with E-state index in [1.807, 2.05) is 0 Å². The molecule has 0 bridgehead atoms. The van der Waals surface area contributed by atoms with Crippen LogP contribution in [-0.4, -0.2) is 11.0 Å². The number of rotatable bonds is 4. The SMILES string of the molecule is Cc1c(F)cc(C(N)=O)cc1NCc1cccc(Cl)c1O. The van der Waals surface area contributed by atoms with E-state index in [2.05, 4.69) is 5.32 Å². The number of carbonyl (C=O) groups is 1. The highest BCUT2D eigenvalue weighted by molar-refractivity contribution is 6.32. The first kappa shape index (κ1) is 15.1. The van der Waals surface area contributed by atoms with Gasteiger partial charge in [-0.15, -0.1) is 0 Å². The third kappa shape index (κ3) is 3.25. The van der Waals surface area contributed by atoms with E-state index in [4.69, 9.17) is 17.3 Å². The molecule has 4 nitrogen and oxygen atoms in total. The lowest BCUT2D eigenvalue weighted by atomic mass is 10.1. The number of anilines is 1. The van der Waals surface area contributed by atoms with E-state index in [-0.39, 0.29) is 22.9 Å². The summed E-state index contributed by atoms with van der Waals surface area (Å²) in [5.41, 5.74) is 6.60. The Labute approximate surface area is 126 Å². The van der Waals surface area contributed by atoms with Crippen molar-refractivity contribution in [1.82, 2.24) is 0 Å². The lowest BCUT2D eigenvalue weighted by Crippen LogP contribution is -2.13. The molecule has 0 spiro atoms. The number of nitrogens with two attached hydrogens (primary N) is 1. The summed E-state index contributed by atoms with van der Waals surface area (Å²) in [6.45, 7) is 1.81. The van der Waals surface area contributed by atoms with Gasteiger partial charge in [0.2, 0.25) is 5.91 Å². The fourth-order valence-corrected chi connectivity index (χ4v) is 2.09. The van der Waals surface area contributed by atoms with Gasteiger partial charge in [0.1, 0.15) is 11.6 Å². The molecule has 2 aromatic rings. The van der Waals surface area contributed by atoms with Crippen molar-refractivity contribution in [2.45, 2.75) is 13.5 Å². The summed E-state index contributed by atoms with van der Waals surface area (Å²) in [5.74, 6) is -1.26. The van der Waals surface area contributed by atoms with Gasteiger partial charge in [-0.2, -0.15) is 0 Å². The summed E-state index contributed by atoms with van der Waals surface area (Å²) in [6, 6.07) is 7.53. The van der Waals surface area contributed by atoms with Crippen LogP contribution in [0, 0.1) is 12.7 Å². The maximum absolute atomic E-state index is 13.8. The van der Waals surface area contributed by atoms with E-state index in [1.54, 1.807) is 25.1 Å². The molecule has 2 aromatic carbocycles. The number of primary amides is 1. The van der Waals surface area contributed by atoms with E-state index in [1.165, 1.54) is 6.07 Å². The molecule has 0 saturated carbocycles. The normalized spacial score (nSPS) is 10.4. The van der Waals surface area contributed by atoms with E-state index >= 15 is 0 Å². The van der Waals surface area contributed by atoms with Gasteiger partial charge >= 0.3 is 0 Å². The summed E-state index contributed by atoms with van der Waals surface area (Å²) >= 11 is 5.82. The minimum atomic E-state index is -0.706. The molecule has 0 aliphatic carbocycles. The van der Waals surface area contributed by atoms with Gasteiger partial charge in [-0.25, -0.2) is 4.39 Å². The van der Waals surface area contributed by atoms with Crippen LogP contribution >= 0.6 is 11.6 Å². The van der Waals surface area contributed by atoms with Gasteiger partial charge in [0, 0.05) is 28.9 Å². The second kappa shape index (κ2) is 6.01. The van der Waals surface area contributed by atoms with Crippen molar-refractivity contribution >= 4 is 23.2 Å². The zero-order valence-corrected chi connectivity index (χ0v) is 12.0. The molecule has 21 heavy (non-hydrogen) atoms. The van der Waals surface area contributed by atoms with Crippen molar-refractivity contribution in [3.8, 4) is 5.75 Å². The maximum Gasteiger partial charge on any atom is 0.248 e. The molecule has 0 heterocycles. The number of carbonyl (C=O) groups excluding carboxylic acids is 1. The number of nitrogens with one attached hydrogen (secondary N) is 1. The second-order valence-corrected chi connectivity index (χ2v) is 5.00. The first-order valence-corrected chi connectivity index (χ1v) is 6.58. The zero-order chi connectivity index (χ0) is 15.6. The summed E-state index contributed by atoms with van der Waals surface area (Å²) in [4.78, 5) is 11.2. The van der Waals surface area contributed by atoms with Gasteiger partial charge in [0.15, 0.2) is 0 Å². The third-order valence-corrected chi connectivity index (χ3v) is 3.47. The molecule has 110 valence electrons. The van der Waals surface area contributed by atoms with E-state index in [0.29, 0.717) is 16.8 Å². The Morgan fingerprint density at radius 2 is 2.14 bits per heavy atom. The number of benzene rings is 2. The highest BCUT2D eigenvalue weighted by atomic mass is 35.5. The molecule has 0 fully saturated rings. The Morgan fingerprint density at radius 1 is 1.43 bits per heavy atom. The van der Waals surface area contributed by atoms with Crippen molar-refractivity contribution < 1.29 is 14.3 Å². The van der Waals surface area contributed by atoms with E-state index < -0.39 is 11.7 Å². The fraction of sp³-hybridized carbons (Fsp3) is 0.133. The smallest absolute Gasteiger partial charge is 0.248 e. The molecule has 1 amide bonds. The highest BCUT2D eigenvalue weighted by Gasteiger charge is 2.11. The number of phenolic OH excluding ortho intramolecular Hbond substituents is 1. The van der Waals surface area contributed by atoms with Crippen molar-refractivity contribution in [3.63, 3.8) is 0 Å². The van der Waals surface area contributed by atoms with Crippen LogP contribution in [-0.2, 0) is 6.54 Å². The van der Waals surface area contributed by atoms with E-state index in [0.717, 1.165) is 6.07 Å². The highest BCUT2D eigenvalue weighted by Crippen LogP contribution is 2.28. The number of para-hydroxylation sites is 1. The molecule has 0 saturated heterocycles. The maximum atomic E-state index is 13.8. The number of phenols is 1. The molecule has 0 aliphatic rings. The van der Waals surface area contributed by atoms with Crippen LogP contribution in [0.2, 0.25) is 5.02 Å². The molecular weight excluding hydrogens is 295 g/mol. The lowest BCUT2D eigenvalue weighted by Gasteiger charge is -2.13. The van der Waals surface area contributed by atoms with Crippen molar-refractivity contribution in [3.05, 3.63) is 57.9 Å². The molecule has 0 aromatic heterocycles. The summed E-state index contributed by atoms with van der Waals surface area (Å²) in [7, 11) is 0. The Kier molecular flexibility index (Phi) is 4.33. The van der Waals surface area contributed by atoms with Crippen molar-refractivity contribution in [2.75, 3.05) is 5.32 Å². The molecular formula is C15H14ClFN2O2. The Morgan fingerprint density at radius 3 is 2.81 bits per heavy atom. The van der Waals surface area contributed by atoms with Crippen LogP contribution in [0.4, 0.5) is 10.1 Å². The lowest BCUT2D eigenvalue weighted by molar-refractivity contribution is 0.1000. The average Bonchev–Trinajstić information content (AvgIpc) is 2.44. The summed E-state index contributed by atoms with van der Waals surface area (Å²) in [5, 5.41) is 13.0. The zero-order valence-electron chi connectivity index (χ0n) is 11.3. The van der Waals surface area contributed by atoms with Gasteiger partial charge in [-0.3, -0.25) is 4.79 Å².